The summed E-state index contributed by atoms with van der Waals surface area (Å²) in [6.45, 7) is 4.95. The van der Waals surface area contributed by atoms with E-state index in [-0.39, 0.29) is 11.9 Å². The number of benzene rings is 1. The molecule has 1 saturated heterocycles. The van der Waals surface area contributed by atoms with Crippen LogP contribution in [0.1, 0.15) is 31.7 Å². The molecular weight excluding hydrogens is 312 g/mol. The number of amides is 1. The summed E-state index contributed by atoms with van der Waals surface area (Å²) in [5.74, 6) is 0.0322. The van der Waals surface area contributed by atoms with E-state index in [2.05, 4.69) is 32.7 Å². The molecule has 0 saturated carbocycles. The number of anilines is 2. The third kappa shape index (κ3) is 5.29. The second-order valence-corrected chi connectivity index (χ2v) is 6.64. The smallest absolute Gasteiger partial charge is 0.225 e. The molecule has 2 aromatic rings. The first-order valence-corrected chi connectivity index (χ1v) is 8.98. The van der Waals surface area contributed by atoms with Crippen molar-refractivity contribution in [1.82, 2.24) is 10.3 Å². The maximum absolute atomic E-state index is 12.3. The molecule has 5 nitrogen and oxygen atoms in total. The topological polar surface area (TPSA) is 57.3 Å². The minimum absolute atomic E-state index is 0.0322. The molecule has 132 valence electrons. The van der Waals surface area contributed by atoms with Crippen molar-refractivity contribution in [3.05, 3.63) is 54.4 Å². The van der Waals surface area contributed by atoms with Crippen LogP contribution >= 0.6 is 0 Å². The molecule has 1 aromatic heterocycles. The van der Waals surface area contributed by atoms with E-state index in [0.717, 1.165) is 24.3 Å². The van der Waals surface area contributed by atoms with Gasteiger partial charge in [0.1, 0.15) is 0 Å². The van der Waals surface area contributed by atoms with E-state index in [1.54, 1.807) is 6.20 Å². The Hall–Kier alpha value is -2.40. The number of carbonyl (C=O) groups is 1. The fourth-order valence-corrected chi connectivity index (χ4v) is 3.11. The minimum Gasteiger partial charge on any atom is -0.371 e. The van der Waals surface area contributed by atoms with Crippen molar-refractivity contribution in [2.24, 2.45) is 0 Å². The van der Waals surface area contributed by atoms with Crippen molar-refractivity contribution >= 4 is 17.3 Å². The maximum atomic E-state index is 12.3. The summed E-state index contributed by atoms with van der Waals surface area (Å²) >= 11 is 0. The van der Waals surface area contributed by atoms with Crippen LogP contribution in [0.3, 0.4) is 0 Å². The Kier molecular flexibility index (Phi) is 6.01. The summed E-state index contributed by atoms with van der Waals surface area (Å²) in [7, 11) is 0. The van der Waals surface area contributed by atoms with Crippen molar-refractivity contribution in [1.29, 1.82) is 0 Å². The van der Waals surface area contributed by atoms with Crippen LogP contribution in [-0.2, 0) is 11.3 Å². The number of nitrogens with zero attached hydrogens (tertiary/aromatic N) is 2. The minimum atomic E-state index is 0.0322. The van der Waals surface area contributed by atoms with Crippen LogP contribution in [0.15, 0.2) is 48.8 Å². The molecule has 1 fully saturated rings. The molecule has 1 aromatic carbocycles. The van der Waals surface area contributed by atoms with E-state index in [9.17, 15) is 4.79 Å². The Morgan fingerprint density at radius 1 is 1.24 bits per heavy atom. The maximum Gasteiger partial charge on any atom is 0.225 e. The third-order valence-corrected chi connectivity index (χ3v) is 4.47. The Morgan fingerprint density at radius 3 is 2.84 bits per heavy atom. The molecule has 1 unspecified atom stereocenters. The number of nitrogens with one attached hydrogen (secondary N) is 2. The molecule has 0 radical (unpaired) electrons. The zero-order chi connectivity index (χ0) is 17.5. The van der Waals surface area contributed by atoms with Crippen LogP contribution < -0.4 is 15.5 Å². The lowest BCUT2D eigenvalue weighted by Gasteiger charge is -2.19. The Morgan fingerprint density at radius 2 is 2.08 bits per heavy atom. The lowest BCUT2D eigenvalue weighted by atomic mass is 10.2. The highest BCUT2D eigenvalue weighted by Crippen LogP contribution is 2.23. The van der Waals surface area contributed by atoms with Gasteiger partial charge in [-0.1, -0.05) is 12.1 Å². The third-order valence-electron chi connectivity index (χ3n) is 4.47. The van der Waals surface area contributed by atoms with Crippen molar-refractivity contribution in [2.45, 2.75) is 38.8 Å². The van der Waals surface area contributed by atoms with Crippen LogP contribution in [0, 0.1) is 0 Å². The van der Waals surface area contributed by atoms with Gasteiger partial charge in [-0.05, 0) is 49.6 Å². The van der Waals surface area contributed by atoms with Gasteiger partial charge in [-0.2, -0.15) is 0 Å². The van der Waals surface area contributed by atoms with Crippen molar-refractivity contribution in [3.8, 4) is 0 Å². The van der Waals surface area contributed by atoms with Gasteiger partial charge in [0, 0.05) is 55.9 Å². The highest BCUT2D eigenvalue weighted by atomic mass is 16.1. The molecule has 3 rings (SSSR count). The first-order valence-electron chi connectivity index (χ1n) is 8.98. The molecule has 2 heterocycles. The normalized spacial score (nSPS) is 15.2. The monoisotopic (exact) mass is 338 g/mol. The summed E-state index contributed by atoms with van der Waals surface area (Å²) in [6, 6.07) is 12.2. The molecule has 1 atom stereocenters. The second kappa shape index (κ2) is 8.62. The zero-order valence-electron chi connectivity index (χ0n) is 14.7. The highest BCUT2D eigenvalue weighted by Gasteiger charge is 2.13. The van der Waals surface area contributed by atoms with E-state index in [1.165, 1.54) is 18.5 Å². The van der Waals surface area contributed by atoms with E-state index in [0.29, 0.717) is 13.0 Å². The fourth-order valence-electron chi connectivity index (χ4n) is 3.11. The standard InChI is InChI=1S/C20H26N4O/c1-16(22-15-17-6-5-9-21-14-17)12-20(25)23-18-7-4-8-19(13-18)24-10-2-3-11-24/h4-9,13-14,16,22H,2-3,10-12,15H2,1H3,(H,23,25). The Labute approximate surface area is 149 Å². The number of hydrogen-bond donors (Lipinski definition) is 2. The average molecular weight is 338 g/mol. The number of aromatic nitrogens is 1. The molecule has 0 spiro atoms. The summed E-state index contributed by atoms with van der Waals surface area (Å²) in [6.07, 6.45) is 6.53. The first-order chi connectivity index (χ1) is 12.2. The van der Waals surface area contributed by atoms with E-state index in [4.69, 9.17) is 0 Å². The summed E-state index contributed by atoms with van der Waals surface area (Å²) in [5, 5.41) is 6.38. The Balaban J connectivity index is 1.47. The van der Waals surface area contributed by atoms with Gasteiger partial charge in [0.15, 0.2) is 0 Å². The number of pyridine rings is 1. The van der Waals surface area contributed by atoms with E-state index < -0.39 is 0 Å². The Bertz CT molecular complexity index is 683. The second-order valence-electron chi connectivity index (χ2n) is 6.64. The zero-order valence-corrected chi connectivity index (χ0v) is 14.7. The molecular formula is C20H26N4O. The van der Waals surface area contributed by atoms with Gasteiger partial charge in [0.05, 0.1) is 0 Å². The van der Waals surface area contributed by atoms with Gasteiger partial charge in [0.2, 0.25) is 5.91 Å². The van der Waals surface area contributed by atoms with Gasteiger partial charge in [-0.15, -0.1) is 0 Å². The van der Waals surface area contributed by atoms with Gasteiger partial charge < -0.3 is 15.5 Å². The lowest BCUT2D eigenvalue weighted by Crippen LogP contribution is -2.30. The summed E-state index contributed by atoms with van der Waals surface area (Å²) < 4.78 is 0. The van der Waals surface area contributed by atoms with Crippen LogP contribution in [0.4, 0.5) is 11.4 Å². The van der Waals surface area contributed by atoms with Gasteiger partial charge in [-0.3, -0.25) is 9.78 Å². The van der Waals surface area contributed by atoms with Crippen molar-refractivity contribution in [2.75, 3.05) is 23.3 Å². The van der Waals surface area contributed by atoms with Crippen LogP contribution in [-0.4, -0.2) is 30.0 Å². The number of hydrogen-bond acceptors (Lipinski definition) is 4. The largest absolute Gasteiger partial charge is 0.371 e. The van der Waals surface area contributed by atoms with E-state index >= 15 is 0 Å². The van der Waals surface area contributed by atoms with Gasteiger partial charge >= 0.3 is 0 Å². The predicted molar refractivity (Wildman–Crippen MR) is 102 cm³/mol. The predicted octanol–water partition coefficient (Wildman–Crippen LogP) is 3.19. The quantitative estimate of drug-likeness (QED) is 0.814. The SMILES string of the molecule is CC(CC(=O)Nc1cccc(N2CCCC2)c1)NCc1cccnc1. The van der Waals surface area contributed by atoms with Crippen LogP contribution in [0.5, 0.6) is 0 Å². The van der Waals surface area contributed by atoms with Crippen molar-refractivity contribution < 1.29 is 4.79 Å². The highest BCUT2D eigenvalue weighted by molar-refractivity contribution is 5.91. The molecule has 1 amide bonds. The summed E-state index contributed by atoms with van der Waals surface area (Å²) in [4.78, 5) is 18.8. The van der Waals surface area contributed by atoms with Crippen molar-refractivity contribution in [3.63, 3.8) is 0 Å². The van der Waals surface area contributed by atoms with Gasteiger partial charge in [0.25, 0.3) is 0 Å². The first kappa shape index (κ1) is 17.4. The molecule has 2 N–H and O–H groups in total. The van der Waals surface area contributed by atoms with E-state index in [1.807, 2.05) is 37.4 Å². The van der Waals surface area contributed by atoms with Gasteiger partial charge in [-0.25, -0.2) is 0 Å². The van der Waals surface area contributed by atoms with Crippen LogP contribution in [0.25, 0.3) is 0 Å². The lowest BCUT2D eigenvalue weighted by molar-refractivity contribution is -0.116. The molecule has 25 heavy (non-hydrogen) atoms. The molecule has 5 heteroatoms. The fraction of sp³-hybridized carbons (Fsp3) is 0.400. The number of rotatable bonds is 7. The molecule has 0 aliphatic carbocycles. The molecule has 0 bridgehead atoms. The molecule has 1 aliphatic rings. The molecule has 1 aliphatic heterocycles. The average Bonchev–Trinajstić information content (AvgIpc) is 3.16. The van der Waals surface area contributed by atoms with Crippen LogP contribution in [0.2, 0.25) is 0 Å². The number of carbonyl (C=O) groups excluding carboxylic acids is 1. The summed E-state index contributed by atoms with van der Waals surface area (Å²) in [5.41, 5.74) is 3.18.